The lowest BCUT2D eigenvalue weighted by molar-refractivity contribution is -0.0343. The van der Waals surface area contributed by atoms with Crippen LogP contribution in [0.25, 0.3) is 0 Å². The van der Waals surface area contributed by atoms with Crippen LogP contribution >= 0.6 is 24.2 Å². The van der Waals surface area contributed by atoms with Crippen molar-refractivity contribution >= 4 is 24.2 Å². The van der Waals surface area contributed by atoms with Crippen molar-refractivity contribution in [2.24, 2.45) is 11.8 Å². The molecule has 0 aromatic rings. The molecule has 1 N–H and O–H groups in total. The molecule has 3 atom stereocenters. The van der Waals surface area contributed by atoms with Crippen LogP contribution in [0.5, 0.6) is 0 Å². The lowest BCUT2D eigenvalue weighted by atomic mass is 10.0. The van der Waals surface area contributed by atoms with Crippen LogP contribution < -0.4 is 5.32 Å². The molecular formula is C10H20ClNOS. The zero-order valence-electron chi connectivity index (χ0n) is 8.70. The average molecular weight is 238 g/mol. The summed E-state index contributed by atoms with van der Waals surface area (Å²) in [5.74, 6) is 4.29. The molecule has 0 aromatic carbocycles. The van der Waals surface area contributed by atoms with E-state index in [0.29, 0.717) is 12.1 Å². The molecule has 0 amide bonds. The highest BCUT2D eigenvalue weighted by Gasteiger charge is 2.23. The first-order valence-corrected chi connectivity index (χ1v) is 6.43. The lowest BCUT2D eigenvalue weighted by Crippen LogP contribution is -2.43. The number of nitrogens with one attached hydrogen (secondary N) is 1. The monoisotopic (exact) mass is 237 g/mol. The third kappa shape index (κ3) is 3.61. The molecule has 0 spiro atoms. The second-order valence-electron chi connectivity index (χ2n) is 4.30. The van der Waals surface area contributed by atoms with Gasteiger partial charge in [-0.25, -0.2) is 0 Å². The minimum Gasteiger partial charge on any atom is -0.363 e. The standard InChI is InChI=1S/C10H19NOS.ClH/c1-8-5-11-10(12-6-8)4-9-2-3-13-7-9;/h8-11H,2-7H2,1H3;1H. The molecule has 2 rings (SSSR count). The molecule has 3 unspecified atom stereocenters. The van der Waals surface area contributed by atoms with Crippen molar-refractivity contribution in [3.05, 3.63) is 0 Å². The minimum atomic E-state index is 0. The van der Waals surface area contributed by atoms with E-state index in [4.69, 9.17) is 4.74 Å². The van der Waals surface area contributed by atoms with Gasteiger partial charge in [-0.15, -0.1) is 12.4 Å². The SMILES string of the molecule is CC1CNC(CC2CCSC2)OC1.Cl. The van der Waals surface area contributed by atoms with Crippen LogP contribution in [0, 0.1) is 11.8 Å². The molecule has 2 heterocycles. The van der Waals surface area contributed by atoms with Crippen LogP contribution in [0.2, 0.25) is 0 Å². The van der Waals surface area contributed by atoms with Crippen LogP contribution in [-0.2, 0) is 4.74 Å². The molecule has 4 heteroatoms. The third-order valence-corrected chi connectivity index (χ3v) is 4.08. The summed E-state index contributed by atoms with van der Waals surface area (Å²) >= 11 is 2.09. The van der Waals surface area contributed by atoms with Gasteiger partial charge in [-0.3, -0.25) is 5.32 Å². The molecule has 0 saturated carbocycles. The van der Waals surface area contributed by atoms with Gasteiger partial charge in [0, 0.05) is 6.54 Å². The molecule has 0 bridgehead atoms. The van der Waals surface area contributed by atoms with Crippen molar-refractivity contribution < 1.29 is 4.74 Å². The van der Waals surface area contributed by atoms with E-state index in [1.807, 2.05) is 0 Å². The van der Waals surface area contributed by atoms with Gasteiger partial charge < -0.3 is 4.74 Å². The van der Waals surface area contributed by atoms with Crippen molar-refractivity contribution in [3.63, 3.8) is 0 Å². The number of hydrogen-bond donors (Lipinski definition) is 1. The van der Waals surface area contributed by atoms with Gasteiger partial charge in [0.1, 0.15) is 6.23 Å². The summed E-state index contributed by atoms with van der Waals surface area (Å²) < 4.78 is 5.73. The summed E-state index contributed by atoms with van der Waals surface area (Å²) in [4.78, 5) is 0. The highest BCUT2D eigenvalue weighted by molar-refractivity contribution is 7.99. The second-order valence-corrected chi connectivity index (χ2v) is 5.45. The van der Waals surface area contributed by atoms with Crippen LogP contribution in [0.1, 0.15) is 19.8 Å². The van der Waals surface area contributed by atoms with Gasteiger partial charge in [0.15, 0.2) is 0 Å². The Hall–Kier alpha value is 0.560. The van der Waals surface area contributed by atoms with Gasteiger partial charge in [-0.05, 0) is 36.2 Å². The Morgan fingerprint density at radius 2 is 2.36 bits per heavy atom. The van der Waals surface area contributed by atoms with Gasteiger partial charge in [-0.1, -0.05) is 6.92 Å². The maximum atomic E-state index is 5.73. The Kier molecular flexibility index (Phi) is 5.60. The summed E-state index contributed by atoms with van der Waals surface area (Å²) in [6.07, 6.45) is 2.96. The van der Waals surface area contributed by atoms with E-state index in [0.717, 1.165) is 19.1 Å². The fourth-order valence-electron chi connectivity index (χ4n) is 1.95. The number of hydrogen-bond acceptors (Lipinski definition) is 3. The smallest absolute Gasteiger partial charge is 0.108 e. The van der Waals surface area contributed by atoms with Gasteiger partial charge in [0.25, 0.3) is 0 Å². The van der Waals surface area contributed by atoms with Crippen molar-refractivity contribution in [2.75, 3.05) is 24.7 Å². The number of halogens is 1. The van der Waals surface area contributed by atoms with E-state index in [1.165, 1.54) is 24.3 Å². The van der Waals surface area contributed by atoms with Crippen molar-refractivity contribution in [3.8, 4) is 0 Å². The first kappa shape index (κ1) is 12.6. The van der Waals surface area contributed by atoms with Gasteiger partial charge >= 0.3 is 0 Å². The number of rotatable bonds is 2. The molecule has 2 aliphatic heterocycles. The Morgan fingerprint density at radius 1 is 1.50 bits per heavy atom. The predicted molar refractivity (Wildman–Crippen MR) is 64.2 cm³/mol. The Balaban J connectivity index is 0.000000980. The molecule has 84 valence electrons. The molecule has 0 radical (unpaired) electrons. The molecule has 14 heavy (non-hydrogen) atoms. The van der Waals surface area contributed by atoms with Crippen molar-refractivity contribution in [1.29, 1.82) is 0 Å². The zero-order valence-corrected chi connectivity index (χ0v) is 10.3. The van der Waals surface area contributed by atoms with Crippen molar-refractivity contribution in [1.82, 2.24) is 5.32 Å². The van der Waals surface area contributed by atoms with Gasteiger partial charge in [-0.2, -0.15) is 11.8 Å². The van der Waals surface area contributed by atoms with E-state index in [-0.39, 0.29) is 12.4 Å². The maximum Gasteiger partial charge on any atom is 0.108 e. The van der Waals surface area contributed by atoms with Crippen LogP contribution in [0.15, 0.2) is 0 Å². The van der Waals surface area contributed by atoms with Crippen LogP contribution in [0.4, 0.5) is 0 Å². The summed E-state index contributed by atoms with van der Waals surface area (Å²) in [5, 5.41) is 3.46. The largest absolute Gasteiger partial charge is 0.363 e. The minimum absolute atomic E-state index is 0. The first-order chi connectivity index (χ1) is 6.34. The fourth-order valence-corrected chi connectivity index (χ4v) is 3.26. The lowest BCUT2D eigenvalue weighted by Gasteiger charge is -2.29. The van der Waals surface area contributed by atoms with Crippen LogP contribution in [0.3, 0.4) is 0 Å². The Morgan fingerprint density at radius 3 is 2.93 bits per heavy atom. The molecule has 2 nitrogen and oxygen atoms in total. The van der Waals surface area contributed by atoms with Crippen LogP contribution in [-0.4, -0.2) is 30.9 Å². The summed E-state index contributed by atoms with van der Waals surface area (Å²) in [5.41, 5.74) is 0. The average Bonchev–Trinajstić information content (AvgIpc) is 2.62. The van der Waals surface area contributed by atoms with E-state index < -0.39 is 0 Å². The topological polar surface area (TPSA) is 21.3 Å². The molecular weight excluding hydrogens is 218 g/mol. The first-order valence-electron chi connectivity index (χ1n) is 5.27. The highest BCUT2D eigenvalue weighted by atomic mass is 35.5. The molecule has 2 fully saturated rings. The quantitative estimate of drug-likeness (QED) is 0.795. The fraction of sp³-hybridized carbons (Fsp3) is 1.00. The number of thioether (sulfide) groups is 1. The Bertz CT molecular complexity index is 156. The van der Waals surface area contributed by atoms with E-state index >= 15 is 0 Å². The normalized spacial score (nSPS) is 37.9. The van der Waals surface area contributed by atoms with E-state index in [9.17, 15) is 0 Å². The van der Waals surface area contributed by atoms with E-state index in [1.54, 1.807) is 0 Å². The number of ether oxygens (including phenoxy) is 1. The van der Waals surface area contributed by atoms with E-state index in [2.05, 4.69) is 24.0 Å². The second kappa shape index (κ2) is 6.21. The third-order valence-electron chi connectivity index (χ3n) is 2.85. The van der Waals surface area contributed by atoms with Gasteiger partial charge in [0.05, 0.1) is 6.61 Å². The molecule has 0 aromatic heterocycles. The molecule has 0 aliphatic carbocycles. The highest BCUT2D eigenvalue weighted by Crippen LogP contribution is 2.27. The predicted octanol–water partition coefficient (Wildman–Crippen LogP) is 2.13. The molecule has 2 aliphatic rings. The molecule has 2 saturated heterocycles. The van der Waals surface area contributed by atoms with Crippen molar-refractivity contribution in [2.45, 2.75) is 26.0 Å². The zero-order chi connectivity index (χ0) is 9.10. The summed E-state index contributed by atoms with van der Waals surface area (Å²) in [6, 6.07) is 0. The maximum absolute atomic E-state index is 5.73. The summed E-state index contributed by atoms with van der Waals surface area (Å²) in [7, 11) is 0. The summed E-state index contributed by atoms with van der Waals surface area (Å²) in [6.45, 7) is 4.30. The Labute approximate surface area is 97.0 Å². The van der Waals surface area contributed by atoms with Gasteiger partial charge in [0.2, 0.25) is 0 Å².